The first-order valence-corrected chi connectivity index (χ1v) is 21.1. The minimum atomic E-state index is -4.20. The number of ether oxygens (including phenoxy) is 4. The Morgan fingerprint density at radius 3 is 2.41 bits per heavy atom. The molecule has 0 aliphatic carbocycles. The number of nitrogens with zero attached hydrogens (tertiary/aromatic N) is 4. The number of hydrogen-bond acceptors (Lipinski definition) is 17. The molecule has 4 heterocycles. The first-order chi connectivity index (χ1) is 23.8. The second-order valence-electron chi connectivity index (χ2n) is 13.3. The third kappa shape index (κ3) is 10.6. The van der Waals surface area contributed by atoms with Gasteiger partial charge in [0.05, 0.1) is 49.1 Å². The number of hydrogen-bond donors (Lipinski definition) is 2. The topological polar surface area (TPSA) is 227 Å². The quantitative estimate of drug-likeness (QED) is 0.244. The fourth-order valence-electron chi connectivity index (χ4n) is 5.49. The highest BCUT2D eigenvalue weighted by Crippen LogP contribution is 2.45. The number of likely N-dealkylation sites (N-methyl/N-ethyl adjacent to an activating group) is 1. The first-order valence-electron chi connectivity index (χ1n) is 16.4. The van der Waals surface area contributed by atoms with Crippen molar-refractivity contribution in [3.05, 3.63) is 11.6 Å². The molecule has 1 saturated heterocycles. The van der Waals surface area contributed by atoms with Crippen LogP contribution in [0.15, 0.2) is 14.5 Å². The number of nitrogens with two attached hydrogens (primary N) is 1. The molecular weight excluding hydrogens is 749 g/mol. The van der Waals surface area contributed by atoms with Gasteiger partial charge >= 0.3 is 11.9 Å². The Morgan fingerprint density at radius 1 is 1.16 bits per heavy atom. The van der Waals surface area contributed by atoms with Gasteiger partial charge in [0.15, 0.2) is 15.9 Å². The van der Waals surface area contributed by atoms with Crippen molar-refractivity contribution >= 4 is 66.6 Å². The Morgan fingerprint density at radius 2 is 1.80 bits per heavy atom. The molecule has 21 heteroatoms. The van der Waals surface area contributed by atoms with Gasteiger partial charge in [-0.1, -0.05) is 0 Å². The number of morpholine rings is 1. The normalized spacial score (nSPS) is 20.2. The molecule has 0 saturated carbocycles. The molecule has 0 radical (unpaired) electrons. The Bertz CT molecular complexity index is 1770. The van der Waals surface area contributed by atoms with E-state index in [0.717, 1.165) is 11.7 Å². The SMILES string of the molecule is CCN(C(=O)C(C)OC(=O)CCC(=O)OC(CNC(C)(C)C)COc1nsnc1N1CCOCC1)[C@@H]1C[C@@H](C)S(=O)(=O)c2sc(S(N)(=O)=O)cc21. The number of fused-ring (bicyclic) bond motifs is 1. The van der Waals surface area contributed by atoms with Crippen LogP contribution in [-0.2, 0) is 48.5 Å². The largest absolute Gasteiger partial charge is 0.470 e. The van der Waals surface area contributed by atoms with E-state index >= 15 is 0 Å². The van der Waals surface area contributed by atoms with Crippen LogP contribution in [-0.4, -0.2) is 117 Å². The van der Waals surface area contributed by atoms with Crippen LogP contribution < -0.4 is 20.1 Å². The smallest absolute Gasteiger partial charge is 0.307 e. The molecule has 0 spiro atoms. The van der Waals surface area contributed by atoms with Crippen molar-refractivity contribution in [1.29, 1.82) is 0 Å². The number of esters is 2. The Balaban J connectivity index is 1.35. The lowest BCUT2D eigenvalue weighted by Gasteiger charge is -2.37. The molecule has 2 unspecified atom stereocenters. The van der Waals surface area contributed by atoms with Gasteiger partial charge in [0.25, 0.3) is 11.8 Å². The van der Waals surface area contributed by atoms with Crippen LogP contribution in [0.2, 0.25) is 0 Å². The number of sulfonamides is 1. The van der Waals surface area contributed by atoms with Crippen molar-refractivity contribution in [1.82, 2.24) is 19.0 Å². The lowest BCUT2D eigenvalue weighted by molar-refractivity contribution is -0.162. The molecule has 1 amide bonds. The van der Waals surface area contributed by atoms with Gasteiger partial charge in [-0.3, -0.25) is 14.4 Å². The van der Waals surface area contributed by atoms with Crippen molar-refractivity contribution < 1.29 is 50.2 Å². The molecular formula is C30H46N6O11S4. The van der Waals surface area contributed by atoms with Gasteiger partial charge in [0.2, 0.25) is 15.8 Å². The van der Waals surface area contributed by atoms with Crippen LogP contribution in [0.3, 0.4) is 0 Å². The van der Waals surface area contributed by atoms with Crippen LogP contribution in [0.5, 0.6) is 5.88 Å². The molecule has 0 bridgehead atoms. The van der Waals surface area contributed by atoms with Crippen molar-refractivity contribution in [2.45, 2.75) is 98.3 Å². The van der Waals surface area contributed by atoms with E-state index in [1.165, 1.54) is 24.8 Å². The van der Waals surface area contributed by atoms with E-state index in [4.69, 9.17) is 24.1 Å². The average Bonchev–Trinajstić information content (AvgIpc) is 3.73. The molecule has 4 atom stereocenters. The standard InChI is InChI=1S/C30H46N6O11S4/c1-7-36(22-14-18(2)50(40,41)29-21(22)15-25(48-29)51(31,42)43)28(39)19(3)46-23(37)8-9-24(38)47-20(16-32-30(4,5)6)17-45-27-26(33-49-34-27)35-10-12-44-13-11-35/h15,18-20,22,32H,7-14,16-17H2,1-6H3,(H2,31,42,43)/t18-,19?,20?,22-/m1/s1. The molecule has 2 aliphatic rings. The number of carbonyl (C=O) groups is 3. The number of thiophene rings is 1. The van der Waals surface area contributed by atoms with Crippen molar-refractivity contribution in [2.24, 2.45) is 5.14 Å². The Hall–Kier alpha value is -2.95. The zero-order valence-electron chi connectivity index (χ0n) is 29.4. The number of anilines is 1. The van der Waals surface area contributed by atoms with Crippen LogP contribution in [0.25, 0.3) is 0 Å². The number of aromatic nitrogens is 2. The van der Waals surface area contributed by atoms with Crippen molar-refractivity contribution in [2.75, 3.05) is 50.9 Å². The summed E-state index contributed by atoms with van der Waals surface area (Å²) < 4.78 is 80.6. The second-order valence-corrected chi connectivity index (χ2v) is 19.2. The van der Waals surface area contributed by atoms with Crippen LogP contribution in [0.1, 0.15) is 72.4 Å². The summed E-state index contributed by atoms with van der Waals surface area (Å²) in [6.07, 6.45) is -2.71. The van der Waals surface area contributed by atoms with Gasteiger partial charge in [-0.2, -0.15) is 4.37 Å². The number of rotatable bonds is 15. The van der Waals surface area contributed by atoms with E-state index in [9.17, 15) is 31.2 Å². The highest BCUT2D eigenvalue weighted by atomic mass is 32.3. The zero-order valence-corrected chi connectivity index (χ0v) is 32.7. The van der Waals surface area contributed by atoms with Gasteiger partial charge in [-0.05, 0) is 54.0 Å². The number of nitrogens with one attached hydrogen (secondary N) is 1. The first kappa shape index (κ1) is 40.8. The summed E-state index contributed by atoms with van der Waals surface area (Å²) in [5.41, 5.74) is -0.134. The predicted molar refractivity (Wildman–Crippen MR) is 188 cm³/mol. The monoisotopic (exact) mass is 794 g/mol. The summed E-state index contributed by atoms with van der Waals surface area (Å²) in [6, 6.07) is 0.387. The molecule has 0 aromatic carbocycles. The van der Waals surface area contributed by atoms with E-state index in [1.807, 2.05) is 25.7 Å². The second kappa shape index (κ2) is 16.8. The summed E-state index contributed by atoms with van der Waals surface area (Å²) in [5.74, 6) is -1.19. The van der Waals surface area contributed by atoms with Crippen LogP contribution >= 0.6 is 23.1 Å². The van der Waals surface area contributed by atoms with Gasteiger partial charge in [-0.25, -0.2) is 22.0 Å². The molecule has 3 N–H and O–H groups in total. The zero-order chi connectivity index (χ0) is 37.7. The lowest BCUT2D eigenvalue weighted by atomic mass is 10.0. The maximum absolute atomic E-state index is 13.6. The molecule has 1 fully saturated rings. The van der Waals surface area contributed by atoms with Crippen molar-refractivity contribution in [3.8, 4) is 5.88 Å². The van der Waals surface area contributed by atoms with Gasteiger partial charge in [0.1, 0.15) is 21.1 Å². The van der Waals surface area contributed by atoms with Gasteiger partial charge < -0.3 is 34.1 Å². The summed E-state index contributed by atoms with van der Waals surface area (Å²) in [5, 5.41) is 7.65. The molecule has 2 aliphatic heterocycles. The van der Waals surface area contributed by atoms with Crippen LogP contribution in [0, 0.1) is 0 Å². The van der Waals surface area contributed by atoms with E-state index in [2.05, 4.69) is 14.1 Å². The van der Waals surface area contributed by atoms with Crippen molar-refractivity contribution in [3.63, 3.8) is 0 Å². The lowest BCUT2D eigenvalue weighted by Crippen LogP contribution is -2.45. The fourth-order valence-corrected chi connectivity index (χ4v) is 10.4. The third-order valence-electron chi connectivity index (χ3n) is 8.19. The summed E-state index contributed by atoms with van der Waals surface area (Å²) in [4.78, 5) is 42.6. The Labute approximate surface area is 306 Å². The third-order valence-corrected chi connectivity index (χ3v) is 14.0. The predicted octanol–water partition coefficient (Wildman–Crippen LogP) is 1.63. The number of amides is 1. The molecule has 17 nitrogen and oxygen atoms in total. The number of carbonyl (C=O) groups excluding carboxylic acids is 3. The maximum atomic E-state index is 13.6. The highest BCUT2D eigenvalue weighted by molar-refractivity contribution is 7.95. The molecule has 286 valence electrons. The number of sulfone groups is 1. The summed E-state index contributed by atoms with van der Waals surface area (Å²) >= 11 is 1.56. The minimum absolute atomic E-state index is 0.00464. The molecule has 2 aromatic heterocycles. The van der Waals surface area contributed by atoms with Gasteiger partial charge in [0, 0.05) is 37.3 Å². The minimum Gasteiger partial charge on any atom is -0.470 e. The van der Waals surface area contributed by atoms with Gasteiger partial charge in [-0.15, -0.1) is 15.7 Å². The fraction of sp³-hybridized carbons (Fsp3) is 0.700. The maximum Gasteiger partial charge on any atom is 0.307 e. The summed E-state index contributed by atoms with van der Waals surface area (Å²) in [6.45, 7) is 13.2. The van der Waals surface area contributed by atoms with E-state index < -0.39 is 61.2 Å². The van der Waals surface area contributed by atoms with E-state index in [-0.39, 0.29) is 58.5 Å². The summed E-state index contributed by atoms with van der Waals surface area (Å²) in [7, 11) is -8.05. The molecule has 51 heavy (non-hydrogen) atoms. The highest BCUT2D eigenvalue weighted by Gasteiger charge is 2.43. The Kier molecular flexibility index (Phi) is 13.5. The van der Waals surface area contributed by atoms with Crippen LogP contribution in [0.4, 0.5) is 5.82 Å². The molecule has 4 rings (SSSR count). The van der Waals surface area contributed by atoms with E-state index in [1.54, 1.807) is 6.92 Å². The van der Waals surface area contributed by atoms with E-state index in [0.29, 0.717) is 49.3 Å². The average molecular weight is 795 g/mol. The molecule has 2 aromatic rings. The number of primary sulfonamides is 1.